The zero-order chi connectivity index (χ0) is 18.1. The highest BCUT2D eigenvalue weighted by atomic mass is 35.5. The minimum atomic E-state index is -3.74. The largest absolute Gasteiger partial charge is 0.295 e. The number of aromatic nitrogens is 3. The van der Waals surface area contributed by atoms with Crippen LogP contribution in [0, 0.1) is 0 Å². The molecule has 2 aromatic carbocycles. The number of anilines is 1. The Labute approximate surface area is 155 Å². The molecule has 130 valence electrons. The van der Waals surface area contributed by atoms with E-state index in [1.54, 1.807) is 65.8 Å². The molecule has 0 unspecified atom stereocenters. The summed E-state index contributed by atoms with van der Waals surface area (Å²) in [6.07, 6.45) is 4.92. The van der Waals surface area contributed by atoms with Gasteiger partial charge in [-0.25, -0.2) is 13.4 Å². The normalized spacial score (nSPS) is 11.6. The third-order valence-corrected chi connectivity index (χ3v) is 5.48. The van der Waals surface area contributed by atoms with Crippen LogP contribution in [0.1, 0.15) is 0 Å². The quantitative estimate of drug-likeness (QED) is 0.579. The van der Waals surface area contributed by atoms with Gasteiger partial charge in [0.25, 0.3) is 10.0 Å². The summed E-state index contributed by atoms with van der Waals surface area (Å²) in [5, 5.41) is 0.480. The summed E-state index contributed by atoms with van der Waals surface area (Å²) in [5.74, 6) is 0. The van der Waals surface area contributed by atoms with Crippen LogP contribution in [0.25, 0.3) is 16.7 Å². The molecule has 0 aliphatic rings. The summed E-state index contributed by atoms with van der Waals surface area (Å²) in [7, 11) is -3.74. The maximum absolute atomic E-state index is 12.7. The number of imidazole rings is 1. The molecule has 0 aliphatic heterocycles. The van der Waals surface area contributed by atoms with E-state index < -0.39 is 10.0 Å². The van der Waals surface area contributed by atoms with Crippen LogP contribution in [0.15, 0.2) is 78.2 Å². The predicted molar refractivity (Wildman–Crippen MR) is 101 cm³/mol. The van der Waals surface area contributed by atoms with Crippen LogP contribution in [0.2, 0.25) is 5.02 Å². The molecule has 0 bridgehead atoms. The number of pyridine rings is 1. The Morgan fingerprint density at radius 3 is 2.65 bits per heavy atom. The van der Waals surface area contributed by atoms with Gasteiger partial charge in [-0.1, -0.05) is 29.8 Å². The van der Waals surface area contributed by atoms with E-state index >= 15 is 0 Å². The molecule has 0 amide bonds. The van der Waals surface area contributed by atoms with Crippen molar-refractivity contribution in [2.75, 3.05) is 4.72 Å². The van der Waals surface area contributed by atoms with Crippen LogP contribution in [0.5, 0.6) is 0 Å². The van der Waals surface area contributed by atoms with Gasteiger partial charge in [0.2, 0.25) is 0 Å². The highest BCUT2D eigenvalue weighted by Gasteiger charge is 2.17. The lowest BCUT2D eigenvalue weighted by molar-refractivity contribution is 0.601. The third-order valence-electron chi connectivity index (χ3n) is 3.87. The average molecular weight is 385 g/mol. The molecule has 2 aromatic heterocycles. The summed E-state index contributed by atoms with van der Waals surface area (Å²) in [6, 6.07) is 14.9. The van der Waals surface area contributed by atoms with E-state index in [2.05, 4.69) is 14.7 Å². The summed E-state index contributed by atoms with van der Waals surface area (Å²) in [4.78, 5) is 8.61. The van der Waals surface area contributed by atoms with Gasteiger partial charge in [-0.15, -0.1) is 0 Å². The van der Waals surface area contributed by atoms with E-state index in [1.807, 2.05) is 0 Å². The average Bonchev–Trinajstić information content (AvgIpc) is 3.08. The number of fused-ring (bicyclic) bond motifs is 1. The standard InChI is InChI=1S/C18H13ClN4O2S/c19-13-6-7-16(22-26(24,25)14-4-2-1-3-5-14)17(10-13)23-12-21-15-8-9-20-11-18(15)23/h1-12,22H. The molecular weight excluding hydrogens is 372 g/mol. The van der Waals surface area contributed by atoms with Crippen molar-refractivity contribution in [3.05, 3.63) is 78.3 Å². The molecule has 2 heterocycles. The van der Waals surface area contributed by atoms with Gasteiger partial charge < -0.3 is 0 Å². The molecule has 0 aliphatic carbocycles. The fourth-order valence-electron chi connectivity index (χ4n) is 2.64. The van der Waals surface area contributed by atoms with E-state index in [0.29, 0.717) is 16.4 Å². The lowest BCUT2D eigenvalue weighted by Crippen LogP contribution is -2.14. The molecule has 1 N–H and O–H groups in total. The first-order valence-corrected chi connectivity index (χ1v) is 9.55. The fourth-order valence-corrected chi connectivity index (χ4v) is 3.90. The lowest BCUT2D eigenvalue weighted by Gasteiger charge is -2.14. The van der Waals surface area contributed by atoms with Crippen LogP contribution in [-0.2, 0) is 10.0 Å². The Hall–Kier alpha value is -2.90. The maximum atomic E-state index is 12.7. The number of hydrogen-bond donors (Lipinski definition) is 1. The minimum absolute atomic E-state index is 0.179. The molecule has 4 rings (SSSR count). The van der Waals surface area contributed by atoms with E-state index in [-0.39, 0.29) is 4.90 Å². The zero-order valence-corrected chi connectivity index (χ0v) is 14.9. The first kappa shape index (κ1) is 16.6. The van der Waals surface area contributed by atoms with Crippen molar-refractivity contribution < 1.29 is 8.42 Å². The van der Waals surface area contributed by atoms with Gasteiger partial charge in [-0.05, 0) is 36.4 Å². The summed E-state index contributed by atoms with van der Waals surface area (Å²) in [5.41, 5.74) is 2.45. The summed E-state index contributed by atoms with van der Waals surface area (Å²) in [6.45, 7) is 0. The first-order chi connectivity index (χ1) is 12.5. The second-order valence-electron chi connectivity index (χ2n) is 5.56. The van der Waals surface area contributed by atoms with Gasteiger partial charge in [0, 0.05) is 11.2 Å². The highest BCUT2D eigenvalue weighted by Crippen LogP contribution is 2.29. The molecule has 0 saturated carbocycles. The molecule has 4 aromatic rings. The van der Waals surface area contributed by atoms with Crippen molar-refractivity contribution in [3.8, 4) is 5.69 Å². The summed E-state index contributed by atoms with van der Waals surface area (Å²) >= 11 is 6.15. The second-order valence-corrected chi connectivity index (χ2v) is 7.68. The molecule has 26 heavy (non-hydrogen) atoms. The molecular formula is C18H13ClN4O2S. The van der Waals surface area contributed by atoms with Gasteiger partial charge >= 0.3 is 0 Å². The lowest BCUT2D eigenvalue weighted by atomic mass is 10.2. The number of sulfonamides is 1. The monoisotopic (exact) mass is 384 g/mol. The highest BCUT2D eigenvalue weighted by molar-refractivity contribution is 7.92. The van der Waals surface area contributed by atoms with Crippen molar-refractivity contribution >= 4 is 38.3 Å². The predicted octanol–water partition coefficient (Wildman–Crippen LogP) is 3.87. The smallest absolute Gasteiger partial charge is 0.261 e. The van der Waals surface area contributed by atoms with E-state index in [1.165, 1.54) is 12.1 Å². The molecule has 6 nitrogen and oxygen atoms in total. The number of nitrogens with zero attached hydrogens (tertiary/aromatic N) is 3. The van der Waals surface area contributed by atoms with Gasteiger partial charge in [0.05, 0.1) is 33.5 Å². The number of hydrogen-bond acceptors (Lipinski definition) is 4. The number of benzene rings is 2. The molecule has 0 fully saturated rings. The van der Waals surface area contributed by atoms with Gasteiger partial charge in [0.15, 0.2) is 0 Å². The summed E-state index contributed by atoms with van der Waals surface area (Å²) < 4.78 is 29.8. The Kier molecular flexibility index (Phi) is 4.10. The van der Waals surface area contributed by atoms with Crippen molar-refractivity contribution in [1.82, 2.24) is 14.5 Å². The van der Waals surface area contributed by atoms with Crippen LogP contribution in [0.4, 0.5) is 5.69 Å². The van der Waals surface area contributed by atoms with E-state index in [0.717, 1.165) is 11.0 Å². The van der Waals surface area contributed by atoms with Crippen LogP contribution >= 0.6 is 11.6 Å². The van der Waals surface area contributed by atoms with Crippen LogP contribution < -0.4 is 4.72 Å². The Balaban J connectivity index is 1.84. The second kappa shape index (κ2) is 6.44. The number of halogens is 1. The SMILES string of the molecule is O=S(=O)(Nc1ccc(Cl)cc1-n1cnc2ccncc21)c1ccccc1. The zero-order valence-electron chi connectivity index (χ0n) is 13.4. The molecule has 0 atom stereocenters. The fraction of sp³-hybridized carbons (Fsp3) is 0. The van der Waals surface area contributed by atoms with Crippen LogP contribution in [-0.4, -0.2) is 23.0 Å². The van der Waals surface area contributed by atoms with Crippen molar-refractivity contribution in [1.29, 1.82) is 0 Å². The van der Waals surface area contributed by atoms with E-state index in [9.17, 15) is 8.42 Å². The van der Waals surface area contributed by atoms with Crippen molar-refractivity contribution in [3.63, 3.8) is 0 Å². The minimum Gasteiger partial charge on any atom is -0.295 e. The van der Waals surface area contributed by atoms with Crippen molar-refractivity contribution in [2.45, 2.75) is 4.90 Å². The molecule has 8 heteroatoms. The molecule has 0 radical (unpaired) electrons. The Morgan fingerprint density at radius 2 is 1.85 bits per heavy atom. The van der Waals surface area contributed by atoms with Gasteiger partial charge in [-0.3, -0.25) is 14.3 Å². The third kappa shape index (κ3) is 3.02. The van der Waals surface area contributed by atoms with E-state index in [4.69, 9.17) is 11.6 Å². The van der Waals surface area contributed by atoms with Gasteiger partial charge in [0.1, 0.15) is 6.33 Å². The topological polar surface area (TPSA) is 76.9 Å². The molecule has 0 saturated heterocycles. The number of rotatable bonds is 4. The van der Waals surface area contributed by atoms with Crippen LogP contribution in [0.3, 0.4) is 0 Å². The Morgan fingerprint density at radius 1 is 1.04 bits per heavy atom. The Bertz CT molecular complexity index is 1190. The first-order valence-electron chi connectivity index (χ1n) is 7.69. The van der Waals surface area contributed by atoms with Crippen molar-refractivity contribution in [2.24, 2.45) is 0 Å². The maximum Gasteiger partial charge on any atom is 0.261 e. The molecule has 0 spiro atoms. The van der Waals surface area contributed by atoms with Gasteiger partial charge in [-0.2, -0.15) is 0 Å². The number of nitrogens with one attached hydrogen (secondary N) is 1.